The van der Waals surface area contributed by atoms with Crippen molar-refractivity contribution < 1.29 is 0 Å². The van der Waals surface area contributed by atoms with Crippen molar-refractivity contribution in [1.29, 1.82) is 0 Å². The normalized spacial score (nSPS) is 11.8. The smallest absolute Gasteiger partial charge is 0.0911 e. The van der Waals surface area contributed by atoms with Crippen molar-refractivity contribution in [3.63, 3.8) is 0 Å². The molecular formula is C11H7N9. The Morgan fingerprint density at radius 1 is 1.20 bits per heavy atom. The molecule has 0 aliphatic carbocycles. The minimum atomic E-state index is 0.522. The molecule has 4 rings (SSSR count). The molecule has 0 unspecified atom stereocenters. The van der Waals surface area contributed by atoms with Crippen LogP contribution in [-0.2, 0) is 6.54 Å². The van der Waals surface area contributed by atoms with Gasteiger partial charge in [0.05, 0.1) is 36.0 Å². The Kier molecular flexibility index (Phi) is 2.09. The molecule has 3 aromatic rings. The van der Waals surface area contributed by atoms with E-state index in [1.165, 1.54) is 0 Å². The van der Waals surface area contributed by atoms with Gasteiger partial charge in [-0.15, -0.1) is 10.2 Å². The average molecular weight is 265 g/mol. The molecule has 1 aliphatic rings. The molecule has 96 valence electrons. The lowest BCUT2D eigenvalue weighted by molar-refractivity contribution is 0.633. The molecule has 0 radical (unpaired) electrons. The number of benzene rings is 1. The summed E-state index contributed by atoms with van der Waals surface area (Å²) >= 11 is 0. The predicted molar refractivity (Wildman–Crippen MR) is 68.3 cm³/mol. The lowest BCUT2D eigenvalue weighted by atomic mass is 10.1. The molecule has 0 fully saturated rings. The second-order valence-corrected chi connectivity index (χ2v) is 4.30. The first-order chi connectivity index (χ1) is 9.86. The highest BCUT2D eigenvalue weighted by Crippen LogP contribution is 2.32. The molecule has 0 N–H and O–H groups in total. The highest BCUT2D eigenvalue weighted by molar-refractivity contribution is 5.73. The summed E-state index contributed by atoms with van der Waals surface area (Å²) in [5, 5.41) is 19.7. The predicted octanol–water partition coefficient (Wildman–Crippen LogP) is 1.83. The lowest BCUT2D eigenvalue weighted by Crippen LogP contribution is -2.05. The minimum Gasteiger partial charge on any atom is -0.239 e. The monoisotopic (exact) mass is 265 g/mol. The highest BCUT2D eigenvalue weighted by atomic mass is 15.5. The van der Waals surface area contributed by atoms with E-state index in [4.69, 9.17) is 5.53 Å². The van der Waals surface area contributed by atoms with E-state index in [0.717, 1.165) is 22.6 Å². The van der Waals surface area contributed by atoms with E-state index in [0.29, 0.717) is 12.2 Å². The van der Waals surface area contributed by atoms with Gasteiger partial charge in [-0.25, -0.2) is 9.36 Å². The molecule has 0 atom stereocenters. The van der Waals surface area contributed by atoms with Crippen molar-refractivity contribution in [3.05, 3.63) is 46.7 Å². The van der Waals surface area contributed by atoms with E-state index < -0.39 is 0 Å². The van der Waals surface area contributed by atoms with Gasteiger partial charge in [0.2, 0.25) is 0 Å². The average Bonchev–Trinajstić information content (AvgIpc) is 3.07. The van der Waals surface area contributed by atoms with Crippen LogP contribution in [0.25, 0.3) is 27.4 Å². The molecular weight excluding hydrogens is 258 g/mol. The molecule has 0 amide bonds. The summed E-state index contributed by atoms with van der Waals surface area (Å²) < 4.78 is 3.51. The number of hydrogen-bond acceptors (Lipinski definition) is 5. The molecule has 20 heavy (non-hydrogen) atoms. The van der Waals surface area contributed by atoms with Gasteiger partial charge in [0.25, 0.3) is 0 Å². The van der Waals surface area contributed by atoms with Gasteiger partial charge >= 0.3 is 0 Å². The van der Waals surface area contributed by atoms with Crippen LogP contribution in [0, 0.1) is 0 Å². The summed E-state index contributed by atoms with van der Waals surface area (Å²) in [6.45, 7) is 0.536. The maximum atomic E-state index is 8.56. The van der Waals surface area contributed by atoms with Crippen LogP contribution in [-0.4, -0.2) is 30.0 Å². The van der Waals surface area contributed by atoms with E-state index in [1.807, 2.05) is 6.07 Å². The van der Waals surface area contributed by atoms with Crippen molar-refractivity contribution in [1.82, 2.24) is 30.0 Å². The number of azide groups is 1. The van der Waals surface area contributed by atoms with Crippen molar-refractivity contribution in [2.45, 2.75) is 6.54 Å². The third-order valence-electron chi connectivity index (χ3n) is 3.20. The van der Waals surface area contributed by atoms with Gasteiger partial charge in [0.15, 0.2) is 0 Å². The molecule has 1 aromatic carbocycles. The Morgan fingerprint density at radius 3 is 3.00 bits per heavy atom. The number of rotatable bonds is 1. The van der Waals surface area contributed by atoms with Crippen molar-refractivity contribution in [3.8, 4) is 16.9 Å². The third-order valence-corrected chi connectivity index (χ3v) is 3.20. The van der Waals surface area contributed by atoms with Crippen LogP contribution in [0.1, 0.15) is 5.69 Å². The van der Waals surface area contributed by atoms with Gasteiger partial charge in [-0.3, -0.25) is 0 Å². The largest absolute Gasteiger partial charge is 0.239 e. The second kappa shape index (κ2) is 3.90. The maximum Gasteiger partial charge on any atom is 0.0911 e. The van der Waals surface area contributed by atoms with Gasteiger partial charge in [0.1, 0.15) is 0 Å². The molecule has 1 aliphatic heterocycles. The first kappa shape index (κ1) is 10.7. The zero-order valence-electron chi connectivity index (χ0n) is 10.1. The van der Waals surface area contributed by atoms with E-state index in [-0.39, 0.29) is 0 Å². The molecule has 9 heteroatoms. The summed E-state index contributed by atoms with van der Waals surface area (Å²) in [6, 6.07) is 5.39. The van der Waals surface area contributed by atoms with Crippen molar-refractivity contribution >= 4 is 5.69 Å². The second-order valence-electron chi connectivity index (χ2n) is 4.30. The Balaban J connectivity index is 2.07. The van der Waals surface area contributed by atoms with Gasteiger partial charge in [-0.2, -0.15) is 0 Å². The van der Waals surface area contributed by atoms with E-state index in [1.54, 1.807) is 33.9 Å². The Labute approximate surface area is 112 Å². The van der Waals surface area contributed by atoms with Gasteiger partial charge in [0, 0.05) is 16.2 Å². The SMILES string of the molecule is [N-]=[N+]=Nc1ccc2c(c1)-n1nncc1Cn1nncc1-2. The molecule has 2 aromatic heterocycles. The number of hydrogen-bond donors (Lipinski definition) is 0. The van der Waals surface area contributed by atoms with Crippen LogP contribution in [0.15, 0.2) is 35.7 Å². The first-order valence-corrected chi connectivity index (χ1v) is 5.85. The van der Waals surface area contributed by atoms with Gasteiger partial charge in [-0.1, -0.05) is 27.7 Å². The van der Waals surface area contributed by atoms with Crippen LogP contribution in [0.4, 0.5) is 5.69 Å². The van der Waals surface area contributed by atoms with Crippen LogP contribution in [0.3, 0.4) is 0 Å². The topological polar surface area (TPSA) is 110 Å². The summed E-state index contributed by atoms with van der Waals surface area (Å²) in [7, 11) is 0. The van der Waals surface area contributed by atoms with Gasteiger partial charge in [-0.05, 0) is 11.6 Å². The Hall–Kier alpha value is -3.19. The Bertz CT molecular complexity index is 852. The zero-order valence-corrected chi connectivity index (χ0v) is 10.1. The standard InChI is InChI=1S/C11H7N9/c12-16-15-7-1-2-9-10(3-7)20-8(4-13-18-20)6-19-11(9)5-14-17-19/h1-5H,6H2. The van der Waals surface area contributed by atoms with E-state index >= 15 is 0 Å². The molecule has 0 spiro atoms. The summed E-state index contributed by atoms with van der Waals surface area (Å²) in [6.07, 6.45) is 3.38. The van der Waals surface area contributed by atoms with Gasteiger partial charge < -0.3 is 0 Å². The van der Waals surface area contributed by atoms with Crippen LogP contribution >= 0.6 is 0 Å². The highest BCUT2D eigenvalue weighted by Gasteiger charge is 2.21. The molecule has 0 saturated heterocycles. The minimum absolute atomic E-state index is 0.522. The Morgan fingerprint density at radius 2 is 2.10 bits per heavy atom. The van der Waals surface area contributed by atoms with E-state index in [9.17, 15) is 0 Å². The number of nitrogens with zero attached hydrogens (tertiary/aromatic N) is 9. The van der Waals surface area contributed by atoms with Crippen molar-refractivity contribution in [2.24, 2.45) is 5.11 Å². The zero-order chi connectivity index (χ0) is 13.5. The molecule has 0 saturated carbocycles. The van der Waals surface area contributed by atoms with E-state index in [2.05, 4.69) is 30.7 Å². The first-order valence-electron chi connectivity index (χ1n) is 5.85. The van der Waals surface area contributed by atoms with Crippen molar-refractivity contribution in [2.75, 3.05) is 0 Å². The third kappa shape index (κ3) is 1.41. The fourth-order valence-corrected chi connectivity index (χ4v) is 2.33. The molecule has 9 nitrogen and oxygen atoms in total. The number of aromatic nitrogens is 6. The molecule has 0 bridgehead atoms. The van der Waals surface area contributed by atoms with Crippen LogP contribution in [0.2, 0.25) is 0 Å². The maximum absolute atomic E-state index is 8.56. The fraction of sp³-hybridized carbons (Fsp3) is 0.0909. The molecule has 3 heterocycles. The lowest BCUT2D eigenvalue weighted by Gasteiger charge is -2.07. The fourth-order valence-electron chi connectivity index (χ4n) is 2.33. The summed E-state index contributed by atoms with van der Waals surface area (Å²) in [5.74, 6) is 0. The quantitative estimate of drug-likeness (QED) is 0.297. The number of fused-ring (bicyclic) bond motifs is 5. The summed E-state index contributed by atoms with van der Waals surface area (Å²) in [4.78, 5) is 2.81. The van der Waals surface area contributed by atoms with Crippen LogP contribution < -0.4 is 0 Å². The summed E-state index contributed by atoms with van der Waals surface area (Å²) in [5.41, 5.74) is 12.6. The van der Waals surface area contributed by atoms with Crippen LogP contribution in [0.5, 0.6) is 0 Å².